The van der Waals surface area contributed by atoms with E-state index in [1.807, 2.05) is 0 Å². The third kappa shape index (κ3) is 1.97. The number of rotatable bonds is 1. The molecule has 2 rings (SSSR count). The molecule has 1 heterocycles. The van der Waals surface area contributed by atoms with E-state index in [2.05, 4.69) is 14.7 Å². The smallest absolute Gasteiger partial charge is 0.455 e. The average Bonchev–Trinajstić information content (AvgIpc) is 2.65. The molecule has 0 atom stereocenters. The van der Waals surface area contributed by atoms with Crippen LogP contribution in [0.1, 0.15) is 5.82 Å². The van der Waals surface area contributed by atoms with Gasteiger partial charge in [-0.1, -0.05) is 11.2 Å². The highest BCUT2D eigenvalue weighted by atomic mass is 19.4. The number of halogens is 3. The van der Waals surface area contributed by atoms with Crippen LogP contribution in [0.2, 0.25) is 0 Å². The second kappa shape index (κ2) is 3.51. The number of aromatic nitrogens is 2. The van der Waals surface area contributed by atoms with Crippen molar-refractivity contribution in [2.45, 2.75) is 6.18 Å². The summed E-state index contributed by atoms with van der Waals surface area (Å²) in [4.78, 5) is 3.18. The zero-order valence-electron chi connectivity index (χ0n) is 7.69. The summed E-state index contributed by atoms with van der Waals surface area (Å²) in [6.45, 7) is 0. The predicted octanol–water partition coefficient (Wildman–Crippen LogP) is 2.46. The Morgan fingerprint density at radius 1 is 1.25 bits per heavy atom. The second-order valence-corrected chi connectivity index (χ2v) is 2.97. The Balaban J connectivity index is 2.39. The van der Waals surface area contributed by atoms with Gasteiger partial charge in [-0.05, 0) is 18.2 Å². The maximum Gasteiger partial charge on any atom is 0.455 e. The largest absolute Gasteiger partial charge is 0.508 e. The molecule has 1 aromatic carbocycles. The fraction of sp³-hybridized carbons (Fsp3) is 0.111. The molecule has 84 valence electrons. The fourth-order valence-electron chi connectivity index (χ4n) is 1.09. The van der Waals surface area contributed by atoms with Gasteiger partial charge in [0.2, 0.25) is 0 Å². The van der Waals surface area contributed by atoms with Crippen LogP contribution >= 0.6 is 0 Å². The van der Waals surface area contributed by atoms with Crippen LogP contribution in [0, 0.1) is 0 Å². The van der Waals surface area contributed by atoms with Crippen molar-refractivity contribution < 1.29 is 22.8 Å². The first kappa shape index (κ1) is 10.5. The topological polar surface area (TPSA) is 59.2 Å². The third-order valence-electron chi connectivity index (χ3n) is 1.77. The van der Waals surface area contributed by atoms with Crippen LogP contribution in [-0.4, -0.2) is 15.2 Å². The fourth-order valence-corrected chi connectivity index (χ4v) is 1.09. The lowest BCUT2D eigenvalue weighted by Crippen LogP contribution is -2.07. The summed E-state index contributed by atoms with van der Waals surface area (Å²) >= 11 is 0. The van der Waals surface area contributed by atoms with Gasteiger partial charge in [0.15, 0.2) is 0 Å². The molecule has 7 heteroatoms. The van der Waals surface area contributed by atoms with Crippen LogP contribution < -0.4 is 0 Å². The van der Waals surface area contributed by atoms with Crippen molar-refractivity contribution >= 4 is 0 Å². The summed E-state index contributed by atoms with van der Waals surface area (Å²) in [5, 5.41) is 11.9. The van der Waals surface area contributed by atoms with Crippen LogP contribution in [0.25, 0.3) is 11.5 Å². The first-order valence-electron chi connectivity index (χ1n) is 4.17. The van der Waals surface area contributed by atoms with Gasteiger partial charge in [0.1, 0.15) is 5.75 Å². The zero-order chi connectivity index (χ0) is 11.8. The van der Waals surface area contributed by atoms with E-state index in [0.717, 1.165) is 0 Å². The number of phenolic OH excluding ortho intramolecular Hbond substituents is 1. The molecule has 0 fully saturated rings. The van der Waals surface area contributed by atoms with E-state index in [4.69, 9.17) is 5.11 Å². The number of nitrogens with zero attached hydrogens (tertiary/aromatic N) is 2. The number of aromatic hydroxyl groups is 1. The molecule has 0 bridgehead atoms. The maximum atomic E-state index is 12.2. The number of hydrogen-bond acceptors (Lipinski definition) is 4. The summed E-state index contributed by atoms with van der Waals surface area (Å²) in [6, 6.07) is 5.52. The molecule has 0 amide bonds. The molecule has 0 aliphatic heterocycles. The van der Waals surface area contributed by atoms with E-state index in [9.17, 15) is 13.2 Å². The van der Waals surface area contributed by atoms with E-state index in [1.54, 1.807) is 0 Å². The molecule has 1 N–H and O–H groups in total. The number of hydrogen-bond donors (Lipinski definition) is 1. The highest BCUT2D eigenvalue weighted by Gasteiger charge is 2.37. The normalized spacial score (nSPS) is 11.7. The van der Waals surface area contributed by atoms with E-state index in [0.29, 0.717) is 0 Å². The Morgan fingerprint density at radius 2 is 2.00 bits per heavy atom. The van der Waals surface area contributed by atoms with Crippen molar-refractivity contribution in [3.8, 4) is 17.2 Å². The molecule has 0 saturated heterocycles. The first-order chi connectivity index (χ1) is 7.47. The molecule has 2 aromatic rings. The first-order valence-corrected chi connectivity index (χ1v) is 4.17. The van der Waals surface area contributed by atoms with Crippen molar-refractivity contribution in [1.29, 1.82) is 0 Å². The quantitative estimate of drug-likeness (QED) is 0.817. The third-order valence-corrected chi connectivity index (χ3v) is 1.77. The summed E-state index contributed by atoms with van der Waals surface area (Å²) in [7, 11) is 0. The molecular formula is C9H5F3N2O2. The van der Waals surface area contributed by atoms with Gasteiger partial charge in [-0.3, -0.25) is 0 Å². The van der Waals surface area contributed by atoms with Crippen molar-refractivity contribution in [2.24, 2.45) is 0 Å². The Kier molecular flexibility index (Phi) is 2.30. The second-order valence-electron chi connectivity index (χ2n) is 2.97. The minimum atomic E-state index is -4.64. The van der Waals surface area contributed by atoms with Crippen molar-refractivity contribution in [3.05, 3.63) is 30.1 Å². The maximum absolute atomic E-state index is 12.2. The SMILES string of the molecule is Oc1cccc(-c2nc(C(F)(F)F)no2)c1. The minimum Gasteiger partial charge on any atom is -0.508 e. The molecule has 0 aliphatic carbocycles. The van der Waals surface area contributed by atoms with Gasteiger partial charge in [0, 0.05) is 5.56 Å². The van der Waals surface area contributed by atoms with Crippen molar-refractivity contribution in [3.63, 3.8) is 0 Å². The van der Waals surface area contributed by atoms with Gasteiger partial charge in [-0.15, -0.1) is 0 Å². The van der Waals surface area contributed by atoms with E-state index in [1.165, 1.54) is 24.3 Å². The molecule has 4 nitrogen and oxygen atoms in total. The van der Waals surface area contributed by atoms with Gasteiger partial charge < -0.3 is 9.63 Å². The number of benzene rings is 1. The highest BCUT2D eigenvalue weighted by Crippen LogP contribution is 2.29. The van der Waals surface area contributed by atoms with Crippen molar-refractivity contribution in [1.82, 2.24) is 10.1 Å². The van der Waals surface area contributed by atoms with Crippen LogP contribution in [0.4, 0.5) is 13.2 Å². The molecule has 0 spiro atoms. The lowest BCUT2D eigenvalue weighted by atomic mass is 10.2. The predicted molar refractivity (Wildman–Crippen MR) is 46.4 cm³/mol. The van der Waals surface area contributed by atoms with Gasteiger partial charge in [0.25, 0.3) is 11.7 Å². The standard InChI is InChI=1S/C9H5F3N2O2/c10-9(11,12)8-13-7(16-14-8)5-2-1-3-6(15)4-5/h1-4,15H. The average molecular weight is 230 g/mol. The van der Waals surface area contributed by atoms with Gasteiger partial charge >= 0.3 is 6.18 Å². The summed E-state index contributed by atoms with van der Waals surface area (Å²) < 4.78 is 40.9. The molecular weight excluding hydrogens is 225 g/mol. The van der Waals surface area contributed by atoms with E-state index < -0.39 is 12.0 Å². The highest BCUT2D eigenvalue weighted by molar-refractivity contribution is 5.55. The number of alkyl halides is 3. The van der Waals surface area contributed by atoms with Gasteiger partial charge in [-0.2, -0.15) is 18.2 Å². The Bertz CT molecular complexity index is 507. The molecule has 1 aromatic heterocycles. The monoisotopic (exact) mass is 230 g/mol. The Labute approximate surface area is 87.3 Å². The van der Waals surface area contributed by atoms with Crippen molar-refractivity contribution in [2.75, 3.05) is 0 Å². The van der Waals surface area contributed by atoms with Gasteiger partial charge in [-0.25, -0.2) is 0 Å². The Hall–Kier alpha value is -2.05. The minimum absolute atomic E-state index is 0.0933. The van der Waals surface area contributed by atoms with Crippen LogP contribution in [0.5, 0.6) is 5.75 Å². The zero-order valence-corrected chi connectivity index (χ0v) is 7.69. The molecule has 16 heavy (non-hydrogen) atoms. The molecule has 0 aliphatic rings. The van der Waals surface area contributed by atoms with E-state index in [-0.39, 0.29) is 17.2 Å². The van der Waals surface area contributed by atoms with E-state index >= 15 is 0 Å². The number of phenols is 1. The molecule has 0 unspecified atom stereocenters. The Morgan fingerprint density at radius 3 is 2.56 bits per heavy atom. The van der Waals surface area contributed by atoms with Crippen LogP contribution in [-0.2, 0) is 6.18 Å². The summed E-state index contributed by atoms with van der Waals surface area (Å²) in [5.41, 5.74) is 0.225. The molecule has 0 saturated carbocycles. The summed E-state index contributed by atoms with van der Waals surface area (Å²) in [6.07, 6.45) is -4.64. The summed E-state index contributed by atoms with van der Waals surface area (Å²) in [5.74, 6) is -1.72. The lowest BCUT2D eigenvalue weighted by Gasteiger charge is -1.96. The molecule has 0 radical (unpaired) electrons. The lowest BCUT2D eigenvalue weighted by molar-refractivity contribution is -0.146. The van der Waals surface area contributed by atoms with Crippen LogP contribution in [0.15, 0.2) is 28.8 Å². The van der Waals surface area contributed by atoms with Gasteiger partial charge in [0.05, 0.1) is 0 Å². The van der Waals surface area contributed by atoms with Crippen LogP contribution in [0.3, 0.4) is 0 Å².